The van der Waals surface area contributed by atoms with Crippen LogP contribution in [0.15, 0.2) is 78.0 Å². The van der Waals surface area contributed by atoms with Gasteiger partial charge in [0, 0.05) is 25.4 Å². The van der Waals surface area contributed by atoms with E-state index in [4.69, 9.17) is 0 Å². The normalized spacial score (nSPS) is 16.4. The average Bonchev–Trinajstić information content (AvgIpc) is 3.33. The first-order valence-electron chi connectivity index (χ1n) is 8.45. The lowest BCUT2D eigenvalue weighted by atomic mass is 10.1. The van der Waals surface area contributed by atoms with Crippen molar-refractivity contribution in [1.82, 2.24) is 20.0 Å². The van der Waals surface area contributed by atoms with Crippen LogP contribution in [-0.2, 0) is 6.54 Å². The molecule has 2 heterocycles. The highest BCUT2D eigenvalue weighted by Gasteiger charge is 2.21. The number of benzene rings is 2. The van der Waals surface area contributed by atoms with Crippen molar-refractivity contribution in [1.29, 1.82) is 0 Å². The molecule has 0 saturated heterocycles. The summed E-state index contributed by atoms with van der Waals surface area (Å²) in [5, 5.41) is 7.97. The average molecular weight is 331 g/mol. The fraction of sp³-hybridized carbons (Fsp3) is 0.200. The molecular formula is C20H21N5. The van der Waals surface area contributed by atoms with Crippen LogP contribution in [0.25, 0.3) is 5.69 Å². The highest BCUT2D eigenvalue weighted by Crippen LogP contribution is 2.18. The molecule has 5 nitrogen and oxygen atoms in total. The molecular weight excluding hydrogens is 310 g/mol. The number of para-hydroxylation sites is 1. The van der Waals surface area contributed by atoms with Crippen molar-refractivity contribution in [3.63, 3.8) is 0 Å². The molecule has 0 aliphatic carbocycles. The van der Waals surface area contributed by atoms with Crippen LogP contribution in [-0.4, -0.2) is 34.2 Å². The number of nitrogens with zero attached hydrogens (tertiary/aromatic N) is 4. The summed E-state index contributed by atoms with van der Waals surface area (Å²) in [6, 6.07) is 20.8. The van der Waals surface area contributed by atoms with E-state index < -0.39 is 0 Å². The van der Waals surface area contributed by atoms with Crippen LogP contribution >= 0.6 is 0 Å². The monoisotopic (exact) mass is 331 g/mol. The molecule has 25 heavy (non-hydrogen) atoms. The Labute approximate surface area is 147 Å². The van der Waals surface area contributed by atoms with Gasteiger partial charge in [0.05, 0.1) is 24.5 Å². The third kappa shape index (κ3) is 3.40. The van der Waals surface area contributed by atoms with Crippen LogP contribution in [0.5, 0.6) is 0 Å². The number of hydrogen-bond acceptors (Lipinski definition) is 4. The minimum Gasteiger partial charge on any atom is -0.348 e. The van der Waals surface area contributed by atoms with Gasteiger partial charge in [-0.3, -0.25) is 4.99 Å². The minimum absolute atomic E-state index is 0.255. The maximum Gasteiger partial charge on any atom is 0.194 e. The van der Waals surface area contributed by atoms with Gasteiger partial charge in [0.25, 0.3) is 0 Å². The van der Waals surface area contributed by atoms with E-state index in [0.29, 0.717) is 0 Å². The first-order chi connectivity index (χ1) is 12.3. The zero-order valence-electron chi connectivity index (χ0n) is 14.2. The third-order valence-electron chi connectivity index (χ3n) is 4.37. The maximum absolute atomic E-state index is 4.66. The molecule has 1 atom stereocenters. The third-order valence-corrected chi connectivity index (χ3v) is 4.37. The second-order valence-electron chi connectivity index (χ2n) is 6.26. The van der Waals surface area contributed by atoms with Gasteiger partial charge in [-0.2, -0.15) is 5.10 Å². The molecule has 0 fully saturated rings. The Hall–Kier alpha value is -3.08. The van der Waals surface area contributed by atoms with Crippen molar-refractivity contribution in [2.75, 3.05) is 13.6 Å². The number of hydrogen-bond donors (Lipinski definition) is 1. The molecule has 0 saturated carbocycles. The highest BCUT2D eigenvalue weighted by molar-refractivity contribution is 5.82. The topological polar surface area (TPSA) is 45.5 Å². The molecule has 4 rings (SSSR count). The molecule has 5 heteroatoms. The summed E-state index contributed by atoms with van der Waals surface area (Å²) in [5.41, 5.74) is 3.49. The Kier molecular flexibility index (Phi) is 4.21. The lowest BCUT2D eigenvalue weighted by Gasteiger charge is -2.20. The van der Waals surface area contributed by atoms with Gasteiger partial charge in [0.1, 0.15) is 0 Å². The van der Waals surface area contributed by atoms with E-state index in [1.807, 2.05) is 47.3 Å². The summed E-state index contributed by atoms with van der Waals surface area (Å²) in [6.45, 7) is 1.53. The Morgan fingerprint density at radius 1 is 1.08 bits per heavy atom. The number of guanidine groups is 1. The predicted molar refractivity (Wildman–Crippen MR) is 99.7 cm³/mol. The predicted octanol–water partition coefficient (Wildman–Crippen LogP) is 3.00. The molecule has 1 unspecified atom stereocenters. The highest BCUT2D eigenvalue weighted by atomic mass is 15.3. The van der Waals surface area contributed by atoms with Crippen molar-refractivity contribution >= 4 is 5.96 Å². The molecule has 1 aliphatic heterocycles. The number of nitrogens with one attached hydrogen (secondary N) is 1. The van der Waals surface area contributed by atoms with Crippen LogP contribution in [0.1, 0.15) is 17.2 Å². The molecule has 0 spiro atoms. The number of rotatable bonds is 4. The molecule has 1 aromatic heterocycles. The van der Waals surface area contributed by atoms with Crippen LogP contribution < -0.4 is 5.32 Å². The molecule has 1 aliphatic rings. The van der Waals surface area contributed by atoms with Gasteiger partial charge in [-0.1, -0.05) is 48.5 Å². The van der Waals surface area contributed by atoms with Crippen LogP contribution in [0.4, 0.5) is 0 Å². The van der Waals surface area contributed by atoms with Crippen LogP contribution in [0, 0.1) is 0 Å². The van der Waals surface area contributed by atoms with Gasteiger partial charge in [0.2, 0.25) is 0 Å². The zero-order chi connectivity index (χ0) is 17.1. The molecule has 0 amide bonds. The molecule has 3 aromatic rings. The molecule has 0 radical (unpaired) electrons. The molecule has 2 aromatic carbocycles. The van der Waals surface area contributed by atoms with E-state index in [9.17, 15) is 0 Å². The summed E-state index contributed by atoms with van der Waals surface area (Å²) in [7, 11) is 2.05. The minimum atomic E-state index is 0.255. The second-order valence-corrected chi connectivity index (χ2v) is 6.26. The van der Waals surface area contributed by atoms with E-state index in [2.05, 4.69) is 57.8 Å². The Bertz CT molecular complexity index is 854. The van der Waals surface area contributed by atoms with Gasteiger partial charge in [0.15, 0.2) is 5.96 Å². The van der Waals surface area contributed by atoms with Crippen molar-refractivity contribution in [2.24, 2.45) is 4.99 Å². The lowest BCUT2D eigenvalue weighted by Crippen LogP contribution is -2.36. The van der Waals surface area contributed by atoms with E-state index in [0.717, 1.165) is 30.3 Å². The Morgan fingerprint density at radius 3 is 2.56 bits per heavy atom. The Morgan fingerprint density at radius 2 is 1.80 bits per heavy atom. The van der Waals surface area contributed by atoms with Gasteiger partial charge in [-0.05, 0) is 17.7 Å². The fourth-order valence-corrected chi connectivity index (χ4v) is 3.04. The first kappa shape index (κ1) is 15.4. The first-order valence-corrected chi connectivity index (χ1v) is 8.45. The maximum atomic E-state index is 4.66. The zero-order valence-corrected chi connectivity index (χ0v) is 14.2. The van der Waals surface area contributed by atoms with Gasteiger partial charge in [-0.15, -0.1) is 0 Å². The van der Waals surface area contributed by atoms with E-state index >= 15 is 0 Å². The van der Waals surface area contributed by atoms with Crippen molar-refractivity contribution in [2.45, 2.75) is 12.6 Å². The quantitative estimate of drug-likeness (QED) is 0.799. The molecule has 1 N–H and O–H groups in total. The van der Waals surface area contributed by atoms with E-state index in [1.54, 1.807) is 0 Å². The van der Waals surface area contributed by atoms with E-state index in [1.165, 1.54) is 5.56 Å². The fourth-order valence-electron chi connectivity index (χ4n) is 3.04. The SMILES string of the molecule is CN(Cc1cnn(-c2ccccc2)c1)C1=NCC(c2ccccc2)N1. The van der Waals surface area contributed by atoms with Crippen molar-refractivity contribution < 1.29 is 0 Å². The Balaban J connectivity index is 1.40. The largest absolute Gasteiger partial charge is 0.348 e. The second kappa shape index (κ2) is 6.81. The number of aromatic nitrogens is 2. The number of aliphatic imine (C=N–C) groups is 1. The van der Waals surface area contributed by atoms with Crippen molar-refractivity contribution in [3.8, 4) is 5.69 Å². The lowest BCUT2D eigenvalue weighted by molar-refractivity contribution is 0.480. The molecule has 126 valence electrons. The van der Waals surface area contributed by atoms with Gasteiger partial charge < -0.3 is 10.2 Å². The van der Waals surface area contributed by atoms with Gasteiger partial charge >= 0.3 is 0 Å². The standard InChI is InChI=1S/C20H21N5/c1-24(20-21-13-19(23-20)17-8-4-2-5-9-17)14-16-12-22-25(15-16)18-10-6-3-7-11-18/h2-12,15,19H,13-14H2,1H3,(H,21,23). The van der Waals surface area contributed by atoms with Crippen LogP contribution in [0.3, 0.4) is 0 Å². The summed E-state index contributed by atoms with van der Waals surface area (Å²) < 4.78 is 1.90. The van der Waals surface area contributed by atoms with E-state index in [-0.39, 0.29) is 6.04 Å². The summed E-state index contributed by atoms with van der Waals surface area (Å²) >= 11 is 0. The summed E-state index contributed by atoms with van der Waals surface area (Å²) in [4.78, 5) is 6.79. The van der Waals surface area contributed by atoms with Gasteiger partial charge in [-0.25, -0.2) is 4.68 Å². The molecule has 0 bridgehead atoms. The summed E-state index contributed by atoms with van der Waals surface area (Å²) in [5.74, 6) is 0.932. The van der Waals surface area contributed by atoms with Crippen molar-refractivity contribution in [3.05, 3.63) is 84.2 Å². The summed E-state index contributed by atoms with van der Waals surface area (Å²) in [6.07, 6.45) is 3.98. The smallest absolute Gasteiger partial charge is 0.194 e. The van der Waals surface area contributed by atoms with Crippen LogP contribution in [0.2, 0.25) is 0 Å².